The summed E-state index contributed by atoms with van der Waals surface area (Å²) in [4.78, 5) is 13.7. The Kier molecular flexibility index (Phi) is 3.98. The van der Waals surface area contributed by atoms with E-state index in [2.05, 4.69) is 25.9 Å². The molecule has 1 aliphatic rings. The number of alkyl halides is 1. The van der Waals surface area contributed by atoms with E-state index in [4.69, 9.17) is 4.74 Å². The van der Waals surface area contributed by atoms with Crippen LogP contribution >= 0.6 is 0 Å². The van der Waals surface area contributed by atoms with Gasteiger partial charge in [0.1, 0.15) is 24.0 Å². The molecule has 2 atom stereocenters. The fourth-order valence-corrected chi connectivity index (χ4v) is 3.40. The van der Waals surface area contributed by atoms with Crippen LogP contribution in [0.3, 0.4) is 0 Å². The van der Waals surface area contributed by atoms with Gasteiger partial charge in [0.2, 0.25) is 0 Å². The van der Waals surface area contributed by atoms with Gasteiger partial charge < -0.3 is 14.6 Å². The number of fused-ring (bicyclic) bond motifs is 3. The number of H-pyrrole nitrogens is 1. The summed E-state index contributed by atoms with van der Waals surface area (Å²) in [7, 11) is 0. The second-order valence-electron chi connectivity index (χ2n) is 6.22. The van der Waals surface area contributed by atoms with Crippen molar-refractivity contribution < 1.29 is 9.13 Å². The first-order valence-electron chi connectivity index (χ1n) is 8.39. The third-order valence-corrected chi connectivity index (χ3v) is 4.75. The SMILES string of the molecule is CCN1CCC(Oc2c(C#N)ncc3[nH]c4ncccc4c23)[C@@H](F)C1. The molecule has 6 nitrogen and oxygen atoms in total. The molecule has 128 valence electrons. The van der Waals surface area contributed by atoms with Gasteiger partial charge in [-0.15, -0.1) is 0 Å². The van der Waals surface area contributed by atoms with Gasteiger partial charge in [-0.05, 0) is 25.1 Å². The maximum absolute atomic E-state index is 14.6. The average molecular weight is 339 g/mol. The molecule has 0 amide bonds. The van der Waals surface area contributed by atoms with Crippen LogP contribution < -0.4 is 4.74 Å². The first kappa shape index (κ1) is 15.8. The number of halogens is 1. The van der Waals surface area contributed by atoms with Crippen molar-refractivity contribution in [2.24, 2.45) is 0 Å². The Hall–Kier alpha value is -2.72. The van der Waals surface area contributed by atoms with Crippen molar-refractivity contribution in [1.82, 2.24) is 19.9 Å². The van der Waals surface area contributed by atoms with Crippen molar-refractivity contribution in [3.63, 3.8) is 0 Å². The zero-order chi connectivity index (χ0) is 17.4. The van der Waals surface area contributed by atoms with E-state index >= 15 is 0 Å². The van der Waals surface area contributed by atoms with Gasteiger partial charge in [-0.2, -0.15) is 5.26 Å². The van der Waals surface area contributed by atoms with E-state index in [1.165, 1.54) is 0 Å². The number of ether oxygens (including phenoxy) is 1. The van der Waals surface area contributed by atoms with Gasteiger partial charge in [0.25, 0.3) is 0 Å². The zero-order valence-electron chi connectivity index (χ0n) is 13.9. The third-order valence-electron chi connectivity index (χ3n) is 4.75. The fourth-order valence-electron chi connectivity index (χ4n) is 3.40. The van der Waals surface area contributed by atoms with Gasteiger partial charge in [0.05, 0.1) is 17.1 Å². The highest BCUT2D eigenvalue weighted by Crippen LogP contribution is 2.35. The molecular formula is C18H18FN5O. The Morgan fingerprint density at radius 3 is 3.12 bits per heavy atom. The van der Waals surface area contributed by atoms with E-state index in [-0.39, 0.29) is 5.69 Å². The van der Waals surface area contributed by atoms with Crippen LogP contribution in [0.5, 0.6) is 5.75 Å². The topological polar surface area (TPSA) is 77.8 Å². The molecule has 0 bridgehead atoms. The molecule has 1 fully saturated rings. The number of rotatable bonds is 3. The Labute approximate surface area is 144 Å². The minimum Gasteiger partial charge on any atom is -0.483 e. The lowest BCUT2D eigenvalue weighted by atomic mass is 10.1. The van der Waals surface area contributed by atoms with Crippen molar-refractivity contribution in [3.8, 4) is 11.8 Å². The second-order valence-corrected chi connectivity index (χ2v) is 6.22. The molecule has 0 radical (unpaired) electrons. The molecule has 1 saturated heterocycles. The van der Waals surface area contributed by atoms with Crippen molar-refractivity contribution in [2.45, 2.75) is 25.6 Å². The highest BCUT2D eigenvalue weighted by Gasteiger charge is 2.31. The van der Waals surface area contributed by atoms with E-state index in [1.807, 2.05) is 19.1 Å². The molecular weight excluding hydrogens is 321 g/mol. The summed E-state index contributed by atoms with van der Waals surface area (Å²) in [5.74, 6) is 0.344. The van der Waals surface area contributed by atoms with Gasteiger partial charge in [0, 0.05) is 24.7 Å². The molecule has 1 aliphatic heterocycles. The number of hydrogen-bond acceptors (Lipinski definition) is 5. The van der Waals surface area contributed by atoms with Gasteiger partial charge in [-0.1, -0.05) is 6.92 Å². The standard InChI is InChI=1S/C18H18FN5O/c1-2-24-7-5-15(12(19)10-24)25-17-13(8-20)22-9-14-16(17)11-4-3-6-21-18(11)23-14/h3-4,6,9,12,15H,2,5,7,10H2,1H3,(H,21,23)/t12-,15?/m0/s1. The summed E-state index contributed by atoms with van der Waals surface area (Å²) in [5.41, 5.74) is 1.59. The van der Waals surface area contributed by atoms with Crippen LogP contribution in [0.25, 0.3) is 21.9 Å². The zero-order valence-corrected chi connectivity index (χ0v) is 13.9. The van der Waals surface area contributed by atoms with Crippen LogP contribution in [0.4, 0.5) is 4.39 Å². The van der Waals surface area contributed by atoms with E-state index in [0.717, 1.165) is 29.4 Å². The molecule has 25 heavy (non-hydrogen) atoms. The first-order chi connectivity index (χ1) is 12.2. The van der Waals surface area contributed by atoms with Gasteiger partial charge >= 0.3 is 0 Å². The molecule has 3 aromatic rings. The number of nitrogens with zero attached hydrogens (tertiary/aromatic N) is 4. The Balaban J connectivity index is 1.79. The van der Waals surface area contributed by atoms with Crippen LogP contribution in [-0.2, 0) is 0 Å². The molecule has 7 heteroatoms. The first-order valence-corrected chi connectivity index (χ1v) is 8.39. The summed E-state index contributed by atoms with van der Waals surface area (Å²) in [6, 6.07) is 5.79. The van der Waals surface area contributed by atoms with E-state index < -0.39 is 12.3 Å². The smallest absolute Gasteiger partial charge is 0.183 e. The lowest BCUT2D eigenvalue weighted by molar-refractivity contribution is 0.0245. The normalized spacial score (nSPS) is 21.5. The van der Waals surface area contributed by atoms with Crippen molar-refractivity contribution in [3.05, 3.63) is 30.2 Å². The van der Waals surface area contributed by atoms with Crippen LogP contribution in [0.1, 0.15) is 19.0 Å². The van der Waals surface area contributed by atoms with Crippen LogP contribution in [0.2, 0.25) is 0 Å². The van der Waals surface area contributed by atoms with E-state index in [0.29, 0.717) is 24.4 Å². The highest BCUT2D eigenvalue weighted by atomic mass is 19.1. The lowest BCUT2D eigenvalue weighted by Crippen LogP contribution is -2.46. The number of piperidine rings is 1. The van der Waals surface area contributed by atoms with E-state index in [1.54, 1.807) is 12.4 Å². The minimum atomic E-state index is -1.10. The molecule has 0 saturated carbocycles. The maximum atomic E-state index is 14.6. The molecule has 4 rings (SSSR count). The fraction of sp³-hybridized carbons (Fsp3) is 0.389. The molecule has 3 aromatic heterocycles. The number of nitrogens with one attached hydrogen (secondary N) is 1. The summed E-state index contributed by atoms with van der Waals surface area (Å²) in [5, 5.41) is 11.0. The summed E-state index contributed by atoms with van der Waals surface area (Å²) < 4.78 is 20.6. The third kappa shape index (κ3) is 2.68. The highest BCUT2D eigenvalue weighted by molar-refractivity contribution is 6.09. The largest absolute Gasteiger partial charge is 0.483 e. The van der Waals surface area contributed by atoms with Crippen LogP contribution in [0, 0.1) is 11.3 Å². The average Bonchev–Trinajstić information content (AvgIpc) is 3.02. The summed E-state index contributed by atoms with van der Waals surface area (Å²) in [6.45, 7) is 3.97. The van der Waals surface area contributed by atoms with E-state index in [9.17, 15) is 9.65 Å². The number of pyridine rings is 2. The minimum absolute atomic E-state index is 0.169. The van der Waals surface area contributed by atoms with Gasteiger partial charge in [-0.3, -0.25) is 0 Å². The number of aromatic amines is 1. The molecule has 4 heterocycles. The lowest BCUT2D eigenvalue weighted by Gasteiger charge is -2.34. The van der Waals surface area contributed by atoms with Crippen molar-refractivity contribution in [2.75, 3.05) is 19.6 Å². The predicted molar refractivity (Wildman–Crippen MR) is 92.2 cm³/mol. The number of hydrogen-bond donors (Lipinski definition) is 1. The molecule has 1 unspecified atom stereocenters. The molecule has 0 aliphatic carbocycles. The maximum Gasteiger partial charge on any atom is 0.183 e. The monoisotopic (exact) mass is 339 g/mol. The van der Waals surface area contributed by atoms with Gasteiger partial charge in [0.15, 0.2) is 11.4 Å². The summed E-state index contributed by atoms with van der Waals surface area (Å²) in [6.07, 6.45) is 2.18. The Bertz CT molecular complexity index is 963. The predicted octanol–water partition coefficient (Wildman–Crippen LogP) is 2.79. The van der Waals surface area contributed by atoms with Crippen LogP contribution in [0.15, 0.2) is 24.5 Å². The summed E-state index contributed by atoms with van der Waals surface area (Å²) >= 11 is 0. The Morgan fingerprint density at radius 1 is 1.48 bits per heavy atom. The Morgan fingerprint density at radius 2 is 2.36 bits per heavy atom. The number of likely N-dealkylation sites (tertiary alicyclic amines) is 1. The quantitative estimate of drug-likeness (QED) is 0.794. The van der Waals surface area contributed by atoms with Crippen molar-refractivity contribution in [1.29, 1.82) is 5.26 Å². The number of aromatic nitrogens is 3. The second kappa shape index (κ2) is 6.30. The van der Waals surface area contributed by atoms with Crippen molar-refractivity contribution >= 4 is 21.9 Å². The molecule has 0 aromatic carbocycles. The van der Waals surface area contributed by atoms with Gasteiger partial charge in [-0.25, -0.2) is 14.4 Å². The number of nitriles is 1. The van der Waals surface area contributed by atoms with Crippen LogP contribution in [-0.4, -0.2) is 51.8 Å². The molecule has 0 spiro atoms. The molecule has 1 N–H and O–H groups in total.